The third-order valence-electron chi connectivity index (χ3n) is 2.60. The second-order valence-electron chi connectivity index (χ2n) is 3.72. The molecule has 3 atom stereocenters. The fourth-order valence-electron chi connectivity index (χ4n) is 1.86. The molecule has 1 heterocycles. The Morgan fingerprint density at radius 1 is 1.42 bits per heavy atom. The van der Waals surface area contributed by atoms with Gasteiger partial charge in [-0.05, 0) is 33.9 Å². The molecule has 1 aliphatic rings. The molecule has 0 aromatic rings. The Balaban J connectivity index is 2.47. The minimum atomic E-state index is 0.274. The molecule has 1 fully saturated rings. The van der Waals surface area contributed by atoms with E-state index in [9.17, 15) is 0 Å². The number of ether oxygens (including phenoxy) is 1. The average Bonchev–Trinajstić information content (AvgIpc) is 2.03. The lowest BCUT2D eigenvalue weighted by Crippen LogP contribution is -2.44. The van der Waals surface area contributed by atoms with Gasteiger partial charge in [-0.2, -0.15) is 0 Å². The van der Waals surface area contributed by atoms with Crippen LogP contribution in [0.25, 0.3) is 0 Å². The van der Waals surface area contributed by atoms with E-state index >= 15 is 0 Å². The van der Waals surface area contributed by atoms with Crippen molar-refractivity contribution in [3.63, 3.8) is 0 Å². The average molecular weight is 169 g/mol. The largest absolute Gasteiger partial charge is 0.370 e. The maximum atomic E-state index is 5.75. The van der Waals surface area contributed by atoms with E-state index < -0.39 is 0 Å². The van der Waals surface area contributed by atoms with Gasteiger partial charge in [0.1, 0.15) is 0 Å². The molecule has 0 amide bonds. The van der Waals surface area contributed by atoms with Crippen molar-refractivity contribution in [2.45, 2.75) is 38.0 Å². The minimum Gasteiger partial charge on any atom is -0.370 e. The van der Waals surface area contributed by atoms with Crippen molar-refractivity contribution in [2.24, 2.45) is 0 Å². The minimum absolute atomic E-state index is 0.274. The lowest BCUT2D eigenvalue weighted by Gasteiger charge is -2.37. The summed E-state index contributed by atoms with van der Waals surface area (Å²) in [5.41, 5.74) is 0. The molecular formula is C10H19NO. The van der Waals surface area contributed by atoms with Crippen LogP contribution in [-0.4, -0.2) is 37.2 Å². The van der Waals surface area contributed by atoms with Gasteiger partial charge >= 0.3 is 0 Å². The first-order chi connectivity index (χ1) is 5.65. The van der Waals surface area contributed by atoms with E-state index in [2.05, 4.69) is 32.5 Å². The van der Waals surface area contributed by atoms with Crippen LogP contribution in [0.4, 0.5) is 0 Å². The molecule has 0 aromatic carbocycles. The van der Waals surface area contributed by atoms with Crippen LogP contribution < -0.4 is 0 Å². The standard InChI is InChI=1S/C10H19NO/c1-5-9-6-7-10(11(3)4)8(2)12-9/h5,8-10H,1,6-7H2,2-4H3/t8-,9+,10-/m1/s1. The second kappa shape index (κ2) is 4.06. The fourth-order valence-corrected chi connectivity index (χ4v) is 1.86. The van der Waals surface area contributed by atoms with Crippen LogP contribution in [0.15, 0.2) is 12.7 Å². The first-order valence-electron chi connectivity index (χ1n) is 4.59. The maximum Gasteiger partial charge on any atom is 0.0758 e. The quantitative estimate of drug-likeness (QED) is 0.583. The van der Waals surface area contributed by atoms with Crippen LogP contribution >= 0.6 is 0 Å². The Kier molecular flexibility index (Phi) is 3.29. The summed E-state index contributed by atoms with van der Waals surface area (Å²) in [6, 6.07) is 0.571. The van der Waals surface area contributed by atoms with Crippen LogP contribution in [0.5, 0.6) is 0 Å². The van der Waals surface area contributed by atoms with Crippen molar-refractivity contribution in [3.8, 4) is 0 Å². The SMILES string of the molecule is C=C[C@H]1CC[C@@H](N(C)C)[C@@H](C)O1. The van der Waals surface area contributed by atoms with Gasteiger partial charge in [-0.15, -0.1) is 6.58 Å². The molecule has 1 rings (SSSR count). The van der Waals surface area contributed by atoms with Crippen molar-refractivity contribution >= 4 is 0 Å². The summed E-state index contributed by atoms with van der Waals surface area (Å²) in [5.74, 6) is 0. The molecule has 0 aliphatic carbocycles. The summed E-state index contributed by atoms with van der Waals surface area (Å²) in [5, 5.41) is 0. The summed E-state index contributed by atoms with van der Waals surface area (Å²) >= 11 is 0. The molecule has 0 radical (unpaired) electrons. The van der Waals surface area contributed by atoms with Gasteiger partial charge in [-0.25, -0.2) is 0 Å². The molecule has 0 unspecified atom stereocenters. The monoisotopic (exact) mass is 169 g/mol. The molecule has 70 valence electrons. The van der Waals surface area contributed by atoms with E-state index in [1.165, 1.54) is 6.42 Å². The zero-order valence-electron chi connectivity index (χ0n) is 8.29. The van der Waals surface area contributed by atoms with Crippen LogP contribution in [-0.2, 0) is 4.74 Å². The number of rotatable bonds is 2. The Morgan fingerprint density at radius 3 is 2.50 bits per heavy atom. The van der Waals surface area contributed by atoms with E-state index in [0.717, 1.165) is 6.42 Å². The number of hydrogen-bond donors (Lipinski definition) is 0. The Hall–Kier alpha value is -0.340. The van der Waals surface area contributed by atoms with Gasteiger partial charge in [0.15, 0.2) is 0 Å². The molecule has 12 heavy (non-hydrogen) atoms. The summed E-state index contributed by atoms with van der Waals surface area (Å²) < 4.78 is 5.75. The molecule has 1 aliphatic heterocycles. The molecule has 2 nitrogen and oxygen atoms in total. The highest BCUT2D eigenvalue weighted by Gasteiger charge is 2.27. The highest BCUT2D eigenvalue weighted by atomic mass is 16.5. The molecule has 1 saturated heterocycles. The van der Waals surface area contributed by atoms with Gasteiger partial charge in [0.05, 0.1) is 12.2 Å². The van der Waals surface area contributed by atoms with Gasteiger partial charge in [0, 0.05) is 6.04 Å². The molecule has 0 N–H and O–H groups in total. The highest BCUT2D eigenvalue weighted by Crippen LogP contribution is 2.22. The molecule has 2 heteroatoms. The lowest BCUT2D eigenvalue weighted by molar-refractivity contribution is -0.0600. The predicted octanol–water partition coefficient (Wildman–Crippen LogP) is 1.67. The third-order valence-corrected chi connectivity index (χ3v) is 2.60. The maximum absolute atomic E-state index is 5.75. The first-order valence-corrected chi connectivity index (χ1v) is 4.59. The Bertz CT molecular complexity index is 156. The number of likely N-dealkylation sites (N-methyl/N-ethyl adjacent to an activating group) is 1. The molecule has 0 aromatic heterocycles. The van der Waals surface area contributed by atoms with Gasteiger partial charge in [0.25, 0.3) is 0 Å². The lowest BCUT2D eigenvalue weighted by atomic mass is 9.99. The summed E-state index contributed by atoms with van der Waals surface area (Å²) in [6.07, 6.45) is 4.83. The Morgan fingerprint density at radius 2 is 2.08 bits per heavy atom. The predicted molar refractivity (Wildman–Crippen MR) is 51.2 cm³/mol. The smallest absolute Gasteiger partial charge is 0.0758 e. The van der Waals surface area contributed by atoms with Crippen molar-refractivity contribution in [3.05, 3.63) is 12.7 Å². The fraction of sp³-hybridized carbons (Fsp3) is 0.800. The third kappa shape index (κ3) is 2.08. The van der Waals surface area contributed by atoms with Crippen LogP contribution in [0.2, 0.25) is 0 Å². The number of hydrogen-bond acceptors (Lipinski definition) is 2. The van der Waals surface area contributed by atoms with Gasteiger partial charge < -0.3 is 9.64 Å². The van der Waals surface area contributed by atoms with E-state index in [1.807, 2.05) is 6.08 Å². The first kappa shape index (κ1) is 9.75. The zero-order chi connectivity index (χ0) is 9.14. The zero-order valence-corrected chi connectivity index (χ0v) is 8.29. The van der Waals surface area contributed by atoms with Gasteiger partial charge in [0.2, 0.25) is 0 Å². The summed E-state index contributed by atoms with van der Waals surface area (Å²) in [7, 11) is 4.22. The normalized spacial score (nSPS) is 36.8. The Labute approximate surface area is 75.2 Å². The summed E-state index contributed by atoms with van der Waals surface area (Å²) in [4.78, 5) is 2.24. The van der Waals surface area contributed by atoms with E-state index in [4.69, 9.17) is 4.74 Å². The van der Waals surface area contributed by atoms with Gasteiger partial charge in [-0.1, -0.05) is 6.08 Å². The van der Waals surface area contributed by atoms with Crippen molar-refractivity contribution < 1.29 is 4.74 Å². The molecular weight excluding hydrogens is 150 g/mol. The molecule has 0 bridgehead atoms. The molecule has 0 saturated carbocycles. The second-order valence-corrected chi connectivity index (χ2v) is 3.72. The van der Waals surface area contributed by atoms with Crippen molar-refractivity contribution in [2.75, 3.05) is 14.1 Å². The summed E-state index contributed by atoms with van der Waals surface area (Å²) in [6.45, 7) is 5.89. The topological polar surface area (TPSA) is 12.5 Å². The highest BCUT2D eigenvalue weighted by molar-refractivity contribution is 4.89. The van der Waals surface area contributed by atoms with Gasteiger partial charge in [-0.3, -0.25) is 0 Å². The van der Waals surface area contributed by atoms with Crippen molar-refractivity contribution in [1.82, 2.24) is 4.90 Å². The molecule has 0 spiro atoms. The van der Waals surface area contributed by atoms with Crippen molar-refractivity contribution in [1.29, 1.82) is 0 Å². The van der Waals surface area contributed by atoms with E-state index in [1.54, 1.807) is 0 Å². The van der Waals surface area contributed by atoms with Crippen LogP contribution in [0.1, 0.15) is 19.8 Å². The van der Waals surface area contributed by atoms with Crippen LogP contribution in [0, 0.1) is 0 Å². The van der Waals surface area contributed by atoms with E-state index in [0.29, 0.717) is 12.1 Å². The number of nitrogens with zero attached hydrogens (tertiary/aromatic N) is 1. The van der Waals surface area contributed by atoms with E-state index in [-0.39, 0.29) is 6.10 Å². The van der Waals surface area contributed by atoms with Crippen LogP contribution in [0.3, 0.4) is 0 Å².